The smallest absolute Gasteiger partial charge is 0.270 e. The lowest BCUT2D eigenvalue weighted by Crippen LogP contribution is -2.54. The van der Waals surface area contributed by atoms with Crippen molar-refractivity contribution in [3.63, 3.8) is 0 Å². The highest BCUT2D eigenvalue weighted by Gasteiger charge is 2.35. The summed E-state index contributed by atoms with van der Waals surface area (Å²) >= 11 is 5.34. The average molecular weight is 474 g/mol. The number of thiocarbonyl (C=S) groups is 1. The molecular formula is C28H31N3O2S. The maximum atomic E-state index is 13.4. The molecule has 4 rings (SSSR count). The Morgan fingerprint density at radius 2 is 1.74 bits per heavy atom. The van der Waals surface area contributed by atoms with Gasteiger partial charge in [0.25, 0.3) is 11.8 Å². The van der Waals surface area contributed by atoms with Gasteiger partial charge in [-0.25, -0.2) is 0 Å². The Balaban J connectivity index is 1.77. The first-order valence-electron chi connectivity index (χ1n) is 11.7. The quantitative estimate of drug-likeness (QED) is 0.366. The largest absolute Gasteiger partial charge is 0.363 e. The van der Waals surface area contributed by atoms with E-state index >= 15 is 0 Å². The summed E-state index contributed by atoms with van der Waals surface area (Å²) in [5, 5.41) is 2.78. The first-order chi connectivity index (χ1) is 16.1. The zero-order valence-corrected chi connectivity index (χ0v) is 21.5. The van der Waals surface area contributed by atoms with Crippen LogP contribution >= 0.6 is 12.2 Å². The number of amides is 2. The van der Waals surface area contributed by atoms with Crippen molar-refractivity contribution in [2.75, 3.05) is 16.3 Å². The highest BCUT2D eigenvalue weighted by molar-refractivity contribution is 7.80. The third-order valence-electron chi connectivity index (χ3n) is 6.69. The van der Waals surface area contributed by atoms with Crippen LogP contribution in [0.1, 0.15) is 56.9 Å². The number of likely N-dealkylation sites (N-methyl/N-ethyl adjacent to an activating group) is 1. The number of hydrogen-bond acceptors (Lipinski definition) is 4. The van der Waals surface area contributed by atoms with Crippen LogP contribution in [-0.2, 0) is 16.0 Å². The van der Waals surface area contributed by atoms with E-state index in [1.165, 1.54) is 16.2 Å². The van der Waals surface area contributed by atoms with Crippen LogP contribution in [0, 0.1) is 6.92 Å². The first kappa shape index (κ1) is 23.9. The van der Waals surface area contributed by atoms with Crippen molar-refractivity contribution < 1.29 is 9.59 Å². The van der Waals surface area contributed by atoms with Crippen LogP contribution in [0.2, 0.25) is 0 Å². The van der Waals surface area contributed by atoms with Crippen molar-refractivity contribution in [1.82, 2.24) is 5.32 Å². The minimum absolute atomic E-state index is 0.0707. The molecule has 2 heterocycles. The first-order valence-corrected chi connectivity index (χ1v) is 12.1. The minimum atomic E-state index is -0.475. The van der Waals surface area contributed by atoms with Crippen molar-refractivity contribution in [2.45, 2.75) is 53.5 Å². The molecule has 0 bridgehead atoms. The van der Waals surface area contributed by atoms with Crippen LogP contribution in [0.3, 0.4) is 0 Å². The predicted molar refractivity (Wildman–Crippen MR) is 144 cm³/mol. The lowest BCUT2D eigenvalue weighted by Gasteiger charge is -2.43. The molecule has 5 nitrogen and oxygen atoms in total. The highest BCUT2D eigenvalue weighted by Crippen LogP contribution is 2.40. The number of benzene rings is 2. The molecule has 0 aliphatic carbocycles. The molecule has 2 amide bonds. The predicted octanol–water partition coefficient (Wildman–Crippen LogP) is 5.41. The van der Waals surface area contributed by atoms with Gasteiger partial charge in [0.15, 0.2) is 5.11 Å². The number of nitrogens with zero attached hydrogens (tertiary/aromatic N) is 2. The summed E-state index contributed by atoms with van der Waals surface area (Å²) in [5.74, 6) is -0.893. The summed E-state index contributed by atoms with van der Waals surface area (Å²) in [4.78, 5) is 30.0. The van der Waals surface area contributed by atoms with E-state index in [-0.39, 0.29) is 16.2 Å². The van der Waals surface area contributed by atoms with Gasteiger partial charge < -0.3 is 4.90 Å². The fourth-order valence-corrected chi connectivity index (χ4v) is 5.19. The lowest BCUT2D eigenvalue weighted by atomic mass is 9.86. The SMILES string of the molecule is CCc1ccc(N2C(=O)/C(=C\c3cc4c(cc3C)N(CC)C(C)(C)C=C4C)C(=O)NC2=S)cc1. The zero-order chi connectivity index (χ0) is 24.8. The van der Waals surface area contributed by atoms with Crippen LogP contribution in [0.25, 0.3) is 11.6 Å². The van der Waals surface area contributed by atoms with E-state index in [1.54, 1.807) is 6.08 Å². The van der Waals surface area contributed by atoms with Gasteiger partial charge in [0.05, 0.1) is 11.2 Å². The molecule has 2 aromatic carbocycles. The molecule has 176 valence electrons. The summed E-state index contributed by atoms with van der Waals surface area (Å²) < 4.78 is 0. The Kier molecular flexibility index (Phi) is 6.21. The van der Waals surface area contributed by atoms with E-state index in [4.69, 9.17) is 12.2 Å². The van der Waals surface area contributed by atoms with Gasteiger partial charge in [-0.1, -0.05) is 25.1 Å². The van der Waals surface area contributed by atoms with Crippen LogP contribution < -0.4 is 15.1 Å². The number of anilines is 2. The van der Waals surface area contributed by atoms with Crippen LogP contribution in [0.15, 0.2) is 48.0 Å². The van der Waals surface area contributed by atoms with Crippen LogP contribution in [0.4, 0.5) is 11.4 Å². The number of carbonyl (C=O) groups is 2. The summed E-state index contributed by atoms with van der Waals surface area (Å²) in [7, 11) is 0. The van der Waals surface area contributed by atoms with Crippen molar-refractivity contribution in [3.05, 3.63) is 70.3 Å². The fourth-order valence-electron chi connectivity index (χ4n) is 4.91. The second-order valence-electron chi connectivity index (χ2n) is 9.43. The Hall–Kier alpha value is -3.25. The third kappa shape index (κ3) is 4.07. The molecule has 0 saturated carbocycles. The van der Waals surface area contributed by atoms with Gasteiger partial charge >= 0.3 is 0 Å². The molecule has 34 heavy (non-hydrogen) atoms. The summed E-state index contributed by atoms with van der Waals surface area (Å²) in [6.45, 7) is 13.7. The molecule has 2 aliphatic rings. The number of nitrogens with one attached hydrogen (secondary N) is 1. The molecule has 0 aromatic heterocycles. The second kappa shape index (κ2) is 8.84. The molecule has 2 aliphatic heterocycles. The van der Waals surface area contributed by atoms with E-state index in [9.17, 15) is 9.59 Å². The molecule has 1 saturated heterocycles. The normalized spacial score (nSPS) is 18.7. The molecule has 0 spiro atoms. The Morgan fingerprint density at radius 3 is 2.35 bits per heavy atom. The van der Waals surface area contributed by atoms with Gasteiger partial charge in [-0.05, 0) is 106 Å². The zero-order valence-electron chi connectivity index (χ0n) is 20.7. The molecular weight excluding hydrogens is 442 g/mol. The maximum Gasteiger partial charge on any atom is 0.270 e. The van der Waals surface area contributed by atoms with Crippen molar-refractivity contribution in [1.29, 1.82) is 0 Å². The lowest BCUT2D eigenvalue weighted by molar-refractivity contribution is -0.122. The van der Waals surface area contributed by atoms with Crippen LogP contribution in [-0.4, -0.2) is 29.0 Å². The van der Waals surface area contributed by atoms with Crippen LogP contribution in [0.5, 0.6) is 0 Å². The summed E-state index contributed by atoms with van der Waals surface area (Å²) in [5.41, 5.74) is 7.11. The highest BCUT2D eigenvalue weighted by atomic mass is 32.1. The summed E-state index contributed by atoms with van der Waals surface area (Å²) in [6.07, 6.45) is 4.86. The molecule has 0 atom stereocenters. The van der Waals surface area contributed by atoms with Gasteiger partial charge in [-0.2, -0.15) is 0 Å². The monoisotopic (exact) mass is 473 g/mol. The number of aryl methyl sites for hydroxylation is 2. The van der Waals surface area contributed by atoms with Gasteiger partial charge in [-0.3, -0.25) is 19.8 Å². The number of allylic oxidation sites excluding steroid dienone is 1. The van der Waals surface area contributed by atoms with Crippen molar-refractivity contribution in [3.8, 4) is 0 Å². The number of fused-ring (bicyclic) bond motifs is 1. The minimum Gasteiger partial charge on any atom is -0.363 e. The van der Waals surface area contributed by atoms with Crippen molar-refractivity contribution in [2.24, 2.45) is 0 Å². The van der Waals surface area contributed by atoms with E-state index < -0.39 is 11.8 Å². The molecule has 0 unspecified atom stereocenters. The van der Waals surface area contributed by atoms with Gasteiger partial charge in [0.1, 0.15) is 5.57 Å². The van der Waals surface area contributed by atoms with Crippen molar-refractivity contribution >= 4 is 52.2 Å². The maximum absolute atomic E-state index is 13.4. The molecule has 0 radical (unpaired) electrons. The number of carbonyl (C=O) groups excluding carboxylic acids is 2. The molecule has 6 heteroatoms. The van der Waals surface area contributed by atoms with E-state index in [1.807, 2.05) is 31.2 Å². The Morgan fingerprint density at radius 1 is 1.06 bits per heavy atom. The van der Waals surface area contributed by atoms with Gasteiger partial charge in [0.2, 0.25) is 0 Å². The molecule has 1 fully saturated rings. The molecule has 1 N–H and O–H groups in total. The fraction of sp³-hybridized carbons (Fsp3) is 0.321. The standard InChI is InChI=1S/C28H31N3O2S/c1-7-19-9-11-21(12-10-19)31-26(33)23(25(32)29-27(31)34)15-20-14-22-18(4)16-28(5,6)30(8-2)24(22)13-17(20)3/h9-16H,7-8H2,1-6H3,(H,29,32,34)/b23-15-. The Labute approximate surface area is 207 Å². The second-order valence-corrected chi connectivity index (χ2v) is 9.82. The van der Waals surface area contributed by atoms with E-state index in [2.05, 4.69) is 63.0 Å². The summed E-state index contributed by atoms with van der Waals surface area (Å²) in [6, 6.07) is 11.9. The van der Waals surface area contributed by atoms with Gasteiger partial charge in [0, 0.05) is 17.8 Å². The van der Waals surface area contributed by atoms with Gasteiger partial charge in [-0.15, -0.1) is 0 Å². The van der Waals surface area contributed by atoms with E-state index in [0.29, 0.717) is 5.69 Å². The number of rotatable bonds is 4. The third-order valence-corrected chi connectivity index (χ3v) is 6.97. The number of hydrogen-bond donors (Lipinski definition) is 1. The topological polar surface area (TPSA) is 52.7 Å². The molecule has 2 aromatic rings. The Bertz CT molecular complexity index is 1260. The average Bonchev–Trinajstić information content (AvgIpc) is 2.77. The van der Waals surface area contributed by atoms with E-state index in [0.717, 1.165) is 35.2 Å².